The van der Waals surface area contributed by atoms with E-state index in [0.717, 1.165) is 16.3 Å². The lowest BCUT2D eigenvalue weighted by Gasteiger charge is -2.13. The Bertz CT molecular complexity index is 1440. The molecule has 5 nitrogen and oxygen atoms in total. The van der Waals surface area contributed by atoms with Gasteiger partial charge in [-0.1, -0.05) is 48.5 Å². The number of methoxy groups -OCH3 is 1. The Kier molecular flexibility index (Phi) is 5.79. The average molecular weight is 453 g/mol. The van der Waals surface area contributed by atoms with Gasteiger partial charge in [-0.25, -0.2) is 14.2 Å². The molecule has 0 N–H and O–H groups in total. The predicted octanol–water partition coefficient (Wildman–Crippen LogP) is 5.91. The van der Waals surface area contributed by atoms with Crippen molar-refractivity contribution in [2.24, 2.45) is 4.99 Å². The molecule has 0 amide bonds. The standard InChI is InChI=1S/C28H20FNO4/c1-32-26-16-18(15-24-28(31)34-27(30-24)20-10-12-22(29)13-11-20)9-14-25(26)33-17-21-7-4-6-19-5-2-3-8-23(19)21/h2-16H,17H2,1H3. The van der Waals surface area contributed by atoms with Crippen molar-refractivity contribution in [2.75, 3.05) is 7.11 Å². The summed E-state index contributed by atoms with van der Waals surface area (Å²) in [5.41, 5.74) is 2.44. The normalized spacial score (nSPS) is 14.2. The fourth-order valence-corrected chi connectivity index (χ4v) is 3.75. The molecule has 0 bridgehead atoms. The zero-order chi connectivity index (χ0) is 23.5. The minimum Gasteiger partial charge on any atom is -0.493 e. The molecule has 1 heterocycles. The predicted molar refractivity (Wildman–Crippen MR) is 128 cm³/mol. The molecule has 0 atom stereocenters. The Labute approximate surface area is 195 Å². The maximum absolute atomic E-state index is 13.2. The number of cyclic esters (lactones) is 1. The first-order valence-corrected chi connectivity index (χ1v) is 10.7. The minimum absolute atomic E-state index is 0.137. The number of aliphatic imine (C=N–C) groups is 1. The van der Waals surface area contributed by atoms with Crippen LogP contribution in [0.15, 0.2) is 95.6 Å². The van der Waals surface area contributed by atoms with Crippen LogP contribution in [0.4, 0.5) is 4.39 Å². The van der Waals surface area contributed by atoms with Gasteiger partial charge >= 0.3 is 5.97 Å². The summed E-state index contributed by atoms with van der Waals surface area (Å²) >= 11 is 0. The van der Waals surface area contributed by atoms with Crippen LogP contribution >= 0.6 is 0 Å². The second-order valence-electron chi connectivity index (χ2n) is 7.68. The summed E-state index contributed by atoms with van der Waals surface area (Å²) in [7, 11) is 1.56. The van der Waals surface area contributed by atoms with E-state index in [4.69, 9.17) is 14.2 Å². The van der Waals surface area contributed by atoms with Gasteiger partial charge in [0.1, 0.15) is 12.4 Å². The van der Waals surface area contributed by atoms with Crippen LogP contribution in [0.5, 0.6) is 11.5 Å². The van der Waals surface area contributed by atoms with Gasteiger partial charge in [-0.2, -0.15) is 0 Å². The van der Waals surface area contributed by atoms with Gasteiger partial charge in [0.15, 0.2) is 17.2 Å². The molecular weight excluding hydrogens is 433 g/mol. The fourth-order valence-electron chi connectivity index (χ4n) is 3.75. The van der Waals surface area contributed by atoms with Gasteiger partial charge < -0.3 is 14.2 Å². The number of hydrogen-bond donors (Lipinski definition) is 0. The maximum Gasteiger partial charge on any atom is 0.363 e. The lowest BCUT2D eigenvalue weighted by atomic mass is 10.1. The largest absolute Gasteiger partial charge is 0.493 e. The molecule has 34 heavy (non-hydrogen) atoms. The van der Waals surface area contributed by atoms with E-state index in [1.165, 1.54) is 24.3 Å². The van der Waals surface area contributed by atoms with Gasteiger partial charge in [0.05, 0.1) is 7.11 Å². The van der Waals surface area contributed by atoms with Gasteiger partial charge in [-0.05, 0) is 64.4 Å². The highest BCUT2D eigenvalue weighted by Gasteiger charge is 2.24. The van der Waals surface area contributed by atoms with E-state index in [-0.39, 0.29) is 17.4 Å². The van der Waals surface area contributed by atoms with Crippen molar-refractivity contribution in [3.05, 3.63) is 113 Å². The summed E-state index contributed by atoms with van der Waals surface area (Å²) in [6.07, 6.45) is 1.61. The third-order valence-corrected chi connectivity index (χ3v) is 5.47. The van der Waals surface area contributed by atoms with Gasteiger partial charge in [0.2, 0.25) is 5.90 Å². The molecule has 6 heteroatoms. The molecule has 0 aliphatic carbocycles. The lowest BCUT2D eigenvalue weighted by Crippen LogP contribution is -2.05. The molecule has 4 aromatic carbocycles. The lowest BCUT2D eigenvalue weighted by molar-refractivity contribution is -0.129. The highest BCUT2D eigenvalue weighted by Crippen LogP contribution is 2.31. The smallest absolute Gasteiger partial charge is 0.363 e. The highest BCUT2D eigenvalue weighted by atomic mass is 19.1. The van der Waals surface area contributed by atoms with Gasteiger partial charge in [0.25, 0.3) is 0 Å². The molecule has 168 valence electrons. The first-order chi connectivity index (χ1) is 16.6. The van der Waals surface area contributed by atoms with Crippen molar-refractivity contribution in [1.82, 2.24) is 0 Å². The molecule has 4 aromatic rings. The second-order valence-corrected chi connectivity index (χ2v) is 7.68. The monoisotopic (exact) mass is 453 g/mol. The minimum atomic E-state index is -0.574. The Morgan fingerprint density at radius 3 is 2.56 bits per heavy atom. The first-order valence-electron chi connectivity index (χ1n) is 10.7. The number of ether oxygens (including phenoxy) is 3. The number of rotatable bonds is 6. The maximum atomic E-state index is 13.2. The Morgan fingerprint density at radius 1 is 0.941 bits per heavy atom. The van der Waals surface area contributed by atoms with Crippen molar-refractivity contribution in [3.63, 3.8) is 0 Å². The van der Waals surface area contributed by atoms with E-state index in [9.17, 15) is 9.18 Å². The molecule has 0 spiro atoms. The number of carbonyl (C=O) groups excluding carboxylic acids is 1. The number of esters is 1. The number of halogens is 1. The number of fused-ring (bicyclic) bond motifs is 1. The average Bonchev–Trinajstić information content (AvgIpc) is 3.23. The molecular formula is C28H20FNO4. The van der Waals surface area contributed by atoms with E-state index in [2.05, 4.69) is 23.2 Å². The van der Waals surface area contributed by atoms with E-state index < -0.39 is 5.97 Å². The zero-order valence-corrected chi connectivity index (χ0v) is 18.3. The van der Waals surface area contributed by atoms with Crippen LogP contribution in [0.2, 0.25) is 0 Å². The number of benzene rings is 4. The Morgan fingerprint density at radius 2 is 1.74 bits per heavy atom. The molecule has 1 aliphatic heterocycles. The van der Waals surface area contributed by atoms with Gasteiger partial charge in [-0.15, -0.1) is 0 Å². The SMILES string of the molecule is COc1cc(C=C2N=C(c3ccc(F)cc3)OC2=O)ccc1OCc1cccc2ccccc12. The van der Waals surface area contributed by atoms with Crippen LogP contribution in [0.3, 0.4) is 0 Å². The zero-order valence-electron chi connectivity index (χ0n) is 18.3. The number of hydrogen-bond acceptors (Lipinski definition) is 5. The van der Waals surface area contributed by atoms with Crippen LogP contribution in [0.25, 0.3) is 16.8 Å². The molecule has 5 rings (SSSR count). The summed E-state index contributed by atoms with van der Waals surface area (Å²) in [6, 6.07) is 25.2. The summed E-state index contributed by atoms with van der Waals surface area (Å²) in [4.78, 5) is 16.5. The summed E-state index contributed by atoms with van der Waals surface area (Å²) < 4.78 is 30.0. The van der Waals surface area contributed by atoms with E-state index in [1.807, 2.05) is 30.3 Å². The molecule has 0 radical (unpaired) electrons. The molecule has 1 aliphatic rings. The van der Waals surface area contributed by atoms with Crippen molar-refractivity contribution in [2.45, 2.75) is 6.61 Å². The van der Waals surface area contributed by atoms with Crippen molar-refractivity contribution >= 4 is 28.7 Å². The molecule has 0 saturated carbocycles. The second kappa shape index (κ2) is 9.19. The van der Waals surface area contributed by atoms with E-state index in [0.29, 0.717) is 29.2 Å². The third kappa shape index (κ3) is 4.38. The van der Waals surface area contributed by atoms with E-state index in [1.54, 1.807) is 25.3 Å². The first kappa shape index (κ1) is 21.4. The highest BCUT2D eigenvalue weighted by molar-refractivity contribution is 6.12. The fraction of sp³-hybridized carbons (Fsp3) is 0.0714. The van der Waals surface area contributed by atoms with Crippen LogP contribution in [-0.2, 0) is 16.1 Å². The third-order valence-electron chi connectivity index (χ3n) is 5.47. The van der Waals surface area contributed by atoms with Crippen molar-refractivity contribution < 1.29 is 23.4 Å². The summed E-state index contributed by atoms with van der Waals surface area (Å²) in [5.74, 6) is 0.304. The summed E-state index contributed by atoms with van der Waals surface area (Å²) in [6.45, 7) is 0.385. The number of nitrogens with zero attached hydrogens (tertiary/aromatic N) is 1. The quantitative estimate of drug-likeness (QED) is 0.269. The van der Waals surface area contributed by atoms with Crippen molar-refractivity contribution in [1.29, 1.82) is 0 Å². The van der Waals surface area contributed by atoms with Crippen LogP contribution < -0.4 is 9.47 Å². The molecule has 0 aromatic heterocycles. The van der Waals surface area contributed by atoms with E-state index >= 15 is 0 Å². The summed E-state index contributed by atoms with van der Waals surface area (Å²) in [5, 5.41) is 2.29. The van der Waals surface area contributed by atoms with Crippen molar-refractivity contribution in [3.8, 4) is 11.5 Å². The van der Waals surface area contributed by atoms with Crippen LogP contribution in [0.1, 0.15) is 16.7 Å². The molecule has 0 unspecified atom stereocenters. The number of carbonyl (C=O) groups is 1. The van der Waals surface area contributed by atoms with Gasteiger partial charge in [0, 0.05) is 5.56 Å². The van der Waals surface area contributed by atoms with Crippen LogP contribution in [-0.4, -0.2) is 19.0 Å². The Balaban J connectivity index is 1.37. The van der Waals surface area contributed by atoms with Gasteiger partial charge in [-0.3, -0.25) is 0 Å². The Hall–Kier alpha value is -4.45. The topological polar surface area (TPSA) is 57.1 Å². The molecule has 0 fully saturated rings. The molecule has 0 saturated heterocycles. The van der Waals surface area contributed by atoms with Crippen LogP contribution in [0, 0.1) is 5.82 Å².